The SMILES string of the molecule is COc1ncnc2c1ccn2[C@@H]1O[C@](C)(CO)[C@H]2OC(C)(C)O[C@@H]12. The van der Waals surface area contributed by atoms with Crippen LogP contribution < -0.4 is 4.74 Å². The highest BCUT2D eigenvalue weighted by Crippen LogP contribution is 2.48. The molecule has 8 heteroatoms. The summed E-state index contributed by atoms with van der Waals surface area (Å²) in [6.45, 7) is 5.39. The van der Waals surface area contributed by atoms with E-state index in [4.69, 9.17) is 18.9 Å². The van der Waals surface area contributed by atoms with Gasteiger partial charge in [-0.3, -0.25) is 0 Å². The van der Waals surface area contributed by atoms with Gasteiger partial charge in [-0.1, -0.05) is 0 Å². The summed E-state index contributed by atoms with van der Waals surface area (Å²) in [5, 5.41) is 10.6. The van der Waals surface area contributed by atoms with Gasteiger partial charge in [-0.2, -0.15) is 0 Å². The standard InChI is InChI=1S/C16H21N3O5/c1-15(2)22-10-11(23-15)16(3,7-20)24-14(10)19-6-5-9-12(19)17-8-18-13(9)21-4/h5-6,8,10-11,14,20H,7H2,1-4H3/t10-,11+,14-,16-/m1/s1. The third kappa shape index (κ3) is 2.14. The Bertz CT molecular complexity index is 776. The number of fused-ring (bicyclic) bond motifs is 2. The van der Waals surface area contributed by atoms with Crippen LogP contribution in [0.2, 0.25) is 0 Å². The van der Waals surface area contributed by atoms with E-state index in [9.17, 15) is 5.11 Å². The highest BCUT2D eigenvalue weighted by atomic mass is 16.8. The molecule has 2 aliphatic rings. The summed E-state index contributed by atoms with van der Waals surface area (Å²) in [4.78, 5) is 8.47. The predicted octanol–water partition coefficient (Wildman–Crippen LogP) is 1.24. The van der Waals surface area contributed by atoms with E-state index in [1.165, 1.54) is 6.33 Å². The van der Waals surface area contributed by atoms with Gasteiger partial charge in [-0.05, 0) is 26.8 Å². The Morgan fingerprint density at radius 2 is 2.04 bits per heavy atom. The molecule has 0 radical (unpaired) electrons. The zero-order valence-electron chi connectivity index (χ0n) is 14.1. The second-order valence-electron chi connectivity index (χ2n) is 6.84. The van der Waals surface area contributed by atoms with E-state index in [0.29, 0.717) is 11.5 Å². The minimum atomic E-state index is -0.850. The number of aromatic nitrogens is 3. The lowest BCUT2D eigenvalue weighted by Gasteiger charge is -2.30. The maximum absolute atomic E-state index is 9.84. The molecule has 0 aliphatic carbocycles. The van der Waals surface area contributed by atoms with Crippen LogP contribution in [0.1, 0.15) is 27.0 Å². The third-order valence-corrected chi connectivity index (χ3v) is 4.66. The van der Waals surface area contributed by atoms with E-state index in [1.807, 2.05) is 37.6 Å². The summed E-state index contributed by atoms with van der Waals surface area (Å²) in [6.07, 6.45) is 2.12. The third-order valence-electron chi connectivity index (χ3n) is 4.66. The van der Waals surface area contributed by atoms with Crippen molar-refractivity contribution in [1.29, 1.82) is 0 Å². The number of aliphatic hydroxyl groups is 1. The molecule has 4 rings (SSSR count). The van der Waals surface area contributed by atoms with Crippen molar-refractivity contribution < 1.29 is 24.1 Å². The lowest BCUT2D eigenvalue weighted by molar-refractivity contribution is -0.222. The van der Waals surface area contributed by atoms with Crippen molar-refractivity contribution in [2.24, 2.45) is 0 Å². The number of hydrogen-bond acceptors (Lipinski definition) is 7. The van der Waals surface area contributed by atoms with Gasteiger partial charge in [0.15, 0.2) is 12.0 Å². The first-order valence-electron chi connectivity index (χ1n) is 7.88. The second-order valence-corrected chi connectivity index (χ2v) is 6.84. The van der Waals surface area contributed by atoms with Gasteiger partial charge in [0.2, 0.25) is 5.88 Å². The Hall–Kier alpha value is -1.74. The predicted molar refractivity (Wildman–Crippen MR) is 83.5 cm³/mol. The van der Waals surface area contributed by atoms with E-state index in [2.05, 4.69) is 9.97 Å². The Kier molecular flexibility index (Phi) is 3.37. The van der Waals surface area contributed by atoms with E-state index >= 15 is 0 Å². The lowest BCUT2D eigenvalue weighted by atomic mass is 9.99. The van der Waals surface area contributed by atoms with Crippen LogP contribution in [0.4, 0.5) is 0 Å². The topological polar surface area (TPSA) is 87.9 Å². The molecule has 0 spiro atoms. The van der Waals surface area contributed by atoms with Gasteiger partial charge in [0.1, 0.15) is 29.8 Å². The van der Waals surface area contributed by atoms with Gasteiger partial charge < -0.3 is 28.6 Å². The average molecular weight is 335 g/mol. The quantitative estimate of drug-likeness (QED) is 0.903. The Morgan fingerprint density at radius 1 is 1.25 bits per heavy atom. The molecule has 0 unspecified atom stereocenters. The molecule has 8 nitrogen and oxygen atoms in total. The Balaban J connectivity index is 1.80. The largest absolute Gasteiger partial charge is 0.480 e. The van der Waals surface area contributed by atoms with Crippen LogP contribution in [0, 0.1) is 0 Å². The average Bonchev–Trinajstić information content (AvgIpc) is 3.19. The maximum atomic E-state index is 9.84. The van der Waals surface area contributed by atoms with Gasteiger partial charge >= 0.3 is 0 Å². The minimum absolute atomic E-state index is 0.165. The monoisotopic (exact) mass is 335 g/mol. The number of nitrogens with zero attached hydrogens (tertiary/aromatic N) is 3. The molecule has 0 saturated carbocycles. The van der Waals surface area contributed by atoms with Crippen LogP contribution in [-0.4, -0.2) is 57.0 Å². The highest BCUT2D eigenvalue weighted by molar-refractivity contribution is 5.81. The van der Waals surface area contributed by atoms with Crippen molar-refractivity contribution in [1.82, 2.24) is 14.5 Å². The molecule has 4 atom stereocenters. The van der Waals surface area contributed by atoms with E-state index < -0.39 is 17.6 Å². The molecule has 0 aromatic carbocycles. The molecule has 0 amide bonds. The van der Waals surface area contributed by atoms with Crippen LogP contribution in [-0.2, 0) is 14.2 Å². The first kappa shape index (κ1) is 15.8. The summed E-state index contributed by atoms with van der Waals surface area (Å²) in [5.74, 6) is -0.231. The summed E-state index contributed by atoms with van der Waals surface area (Å²) in [5.41, 5.74) is -0.169. The minimum Gasteiger partial charge on any atom is -0.480 e. The first-order valence-corrected chi connectivity index (χ1v) is 7.88. The molecule has 4 heterocycles. The van der Waals surface area contributed by atoms with E-state index in [0.717, 1.165) is 5.39 Å². The molecule has 130 valence electrons. The molecule has 0 bridgehead atoms. The molecular weight excluding hydrogens is 314 g/mol. The molecule has 2 aromatic rings. The second kappa shape index (κ2) is 5.13. The molecule has 2 aromatic heterocycles. The number of aliphatic hydroxyl groups excluding tert-OH is 1. The van der Waals surface area contributed by atoms with Gasteiger partial charge in [-0.25, -0.2) is 9.97 Å². The van der Waals surface area contributed by atoms with Crippen LogP contribution in [0.25, 0.3) is 11.0 Å². The fourth-order valence-electron chi connectivity index (χ4n) is 3.54. The molecule has 1 N–H and O–H groups in total. The first-order chi connectivity index (χ1) is 11.4. The number of ether oxygens (including phenoxy) is 4. The van der Waals surface area contributed by atoms with Crippen molar-refractivity contribution in [3.8, 4) is 5.88 Å². The maximum Gasteiger partial charge on any atom is 0.225 e. The van der Waals surface area contributed by atoms with Crippen molar-refractivity contribution in [3.05, 3.63) is 18.6 Å². The molecule has 2 aliphatic heterocycles. The fourth-order valence-corrected chi connectivity index (χ4v) is 3.54. The molecular formula is C16H21N3O5. The number of hydrogen-bond donors (Lipinski definition) is 1. The number of methoxy groups -OCH3 is 1. The summed E-state index contributed by atoms with van der Waals surface area (Å²) in [6, 6.07) is 1.88. The summed E-state index contributed by atoms with van der Waals surface area (Å²) >= 11 is 0. The van der Waals surface area contributed by atoms with Gasteiger partial charge in [0.25, 0.3) is 0 Å². The van der Waals surface area contributed by atoms with Crippen LogP contribution >= 0.6 is 0 Å². The van der Waals surface area contributed by atoms with E-state index in [1.54, 1.807) is 7.11 Å². The molecule has 24 heavy (non-hydrogen) atoms. The lowest BCUT2D eigenvalue weighted by Crippen LogP contribution is -2.43. The fraction of sp³-hybridized carbons (Fsp3) is 0.625. The molecule has 2 fully saturated rings. The van der Waals surface area contributed by atoms with Crippen molar-refractivity contribution >= 4 is 11.0 Å². The normalized spacial score (nSPS) is 34.6. The van der Waals surface area contributed by atoms with Crippen LogP contribution in [0.3, 0.4) is 0 Å². The van der Waals surface area contributed by atoms with Gasteiger partial charge in [0.05, 0.1) is 19.1 Å². The molecule has 2 saturated heterocycles. The smallest absolute Gasteiger partial charge is 0.225 e. The summed E-state index contributed by atoms with van der Waals surface area (Å²) in [7, 11) is 1.57. The Labute approximate surface area is 139 Å². The van der Waals surface area contributed by atoms with Crippen LogP contribution in [0.15, 0.2) is 18.6 Å². The van der Waals surface area contributed by atoms with Gasteiger partial charge in [-0.15, -0.1) is 0 Å². The van der Waals surface area contributed by atoms with E-state index in [-0.39, 0.29) is 18.8 Å². The van der Waals surface area contributed by atoms with Crippen molar-refractivity contribution in [2.75, 3.05) is 13.7 Å². The van der Waals surface area contributed by atoms with Gasteiger partial charge in [0, 0.05) is 6.20 Å². The number of rotatable bonds is 3. The van der Waals surface area contributed by atoms with Crippen LogP contribution in [0.5, 0.6) is 5.88 Å². The van der Waals surface area contributed by atoms with Crippen molar-refractivity contribution in [2.45, 2.75) is 50.6 Å². The highest BCUT2D eigenvalue weighted by Gasteiger charge is 2.61. The zero-order valence-corrected chi connectivity index (χ0v) is 14.1. The van der Waals surface area contributed by atoms with Crippen molar-refractivity contribution in [3.63, 3.8) is 0 Å². The zero-order chi connectivity index (χ0) is 17.1. The summed E-state index contributed by atoms with van der Waals surface area (Å²) < 4.78 is 25.4. The Morgan fingerprint density at radius 3 is 2.75 bits per heavy atom.